The molecule has 0 radical (unpaired) electrons. The highest BCUT2D eigenvalue weighted by Gasteiger charge is 2.42. The van der Waals surface area contributed by atoms with Crippen molar-refractivity contribution in [3.05, 3.63) is 42.0 Å². The smallest absolute Gasteiger partial charge is 0.192 e. The van der Waals surface area contributed by atoms with Gasteiger partial charge in [-0.25, -0.2) is 0 Å². The summed E-state index contributed by atoms with van der Waals surface area (Å²) in [7, 11) is 0. The second-order valence-electron chi connectivity index (χ2n) is 9.95. The SMILES string of the molecule is CC(C)=CCC[C@@H](C(=O)SC(C)(C)C)[C@H]1CCC(=O)[C@@H]1CCC(=O)CSc1ccccc1. The van der Waals surface area contributed by atoms with Gasteiger partial charge in [-0.1, -0.05) is 62.4 Å². The molecule has 1 saturated carbocycles. The van der Waals surface area contributed by atoms with Crippen LogP contribution in [0.15, 0.2) is 46.9 Å². The zero-order valence-corrected chi connectivity index (χ0v) is 21.8. The van der Waals surface area contributed by atoms with Crippen LogP contribution in [-0.4, -0.2) is 27.2 Å². The van der Waals surface area contributed by atoms with Gasteiger partial charge in [0.25, 0.3) is 0 Å². The number of thioether (sulfide) groups is 2. The molecule has 5 heteroatoms. The van der Waals surface area contributed by atoms with E-state index in [9.17, 15) is 14.4 Å². The molecule has 176 valence electrons. The Balaban J connectivity index is 2.02. The van der Waals surface area contributed by atoms with Gasteiger partial charge < -0.3 is 0 Å². The van der Waals surface area contributed by atoms with Crippen LogP contribution < -0.4 is 0 Å². The first kappa shape index (κ1) is 26.9. The Morgan fingerprint density at radius 1 is 1.16 bits per heavy atom. The molecule has 1 aliphatic carbocycles. The summed E-state index contributed by atoms with van der Waals surface area (Å²) in [6, 6.07) is 9.91. The number of benzene rings is 1. The van der Waals surface area contributed by atoms with E-state index in [0.717, 1.165) is 24.2 Å². The Bertz CT molecular complexity index is 804. The van der Waals surface area contributed by atoms with Gasteiger partial charge >= 0.3 is 0 Å². The maximum absolute atomic E-state index is 13.2. The molecule has 0 spiro atoms. The number of hydrogen-bond donors (Lipinski definition) is 0. The van der Waals surface area contributed by atoms with Crippen molar-refractivity contribution in [3.8, 4) is 0 Å². The van der Waals surface area contributed by atoms with Gasteiger partial charge in [0.15, 0.2) is 5.12 Å². The second-order valence-corrected chi connectivity index (χ2v) is 12.8. The van der Waals surface area contributed by atoms with Crippen molar-refractivity contribution in [1.29, 1.82) is 0 Å². The number of carbonyl (C=O) groups excluding carboxylic acids is 3. The third-order valence-electron chi connectivity index (χ3n) is 5.79. The molecule has 0 bridgehead atoms. The maximum atomic E-state index is 13.2. The Labute approximate surface area is 202 Å². The Morgan fingerprint density at radius 2 is 1.84 bits per heavy atom. The number of hydrogen-bond acceptors (Lipinski definition) is 5. The molecule has 0 heterocycles. The third-order valence-corrected chi connectivity index (χ3v) is 7.98. The maximum Gasteiger partial charge on any atom is 0.192 e. The van der Waals surface area contributed by atoms with Crippen LogP contribution in [-0.2, 0) is 14.4 Å². The molecule has 1 fully saturated rings. The molecule has 32 heavy (non-hydrogen) atoms. The van der Waals surface area contributed by atoms with Crippen molar-refractivity contribution in [2.75, 3.05) is 5.75 Å². The van der Waals surface area contributed by atoms with Crippen molar-refractivity contribution < 1.29 is 14.4 Å². The normalized spacial score (nSPS) is 19.6. The van der Waals surface area contributed by atoms with Crippen LogP contribution >= 0.6 is 23.5 Å². The lowest BCUT2D eigenvalue weighted by Gasteiger charge is -2.29. The van der Waals surface area contributed by atoms with Crippen molar-refractivity contribution >= 4 is 40.2 Å². The molecule has 0 amide bonds. The number of allylic oxidation sites excluding steroid dienone is 2. The van der Waals surface area contributed by atoms with Crippen molar-refractivity contribution in [2.24, 2.45) is 17.8 Å². The number of rotatable bonds is 11. The van der Waals surface area contributed by atoms with E-state index >= 15 is 0 Å². The van der Waals surface area contributed by atoms with Gasteiger partial charge in [0.2, 0.25) is 0 Å². The van der Waals surface area contributed by atoms with E-state index in [2.05, 4.69) is 40.7 Å². The summed E-state index contributed by atoms with van der Waals surface area (Å²) >= 11 is 2.95. The summed E-state index contributed by atoms with van der Waals surface area (Å²) in [5, 5.41) is 0.204. The lowest BCUT2D eigenvalue weighted by atomic mass is 9.79. The minimum Gasteiger partial charge on any atom is -0.299 e. The van der Waals surface area contributed by atoms with Crippen molar-refractivity contribution in [2.45, 2.75) is 82.8 Å². The molecule has 0 unspecified atom stereocenters. The fraction of sp³-hybridized carbons (Fsp3) is 0.593. The zero-order valence-electron chi connectivity index (χ0n) is 20.2. The Morgan fingerprint density at radius 3 is 2.47 bits per heavy atom. The number of Topliss-reactive ketones (excluding diaryl/α,β-unsaturated/α-hetero) is 2. The fourth-order valence-electron chi connectivity index (χ4n) is 4.30. The number of carbonyl (C=O) groups is 3. The molecule has 0 saturated heterocycles. The highest BCUT2D eigenvalue weighted by atomic mass is 32.2. The first-order chi connectivity index (χ1) is 15.1. The third kappa shape index (κ3) is 9.27. The van der Waals surface area contributed by atoms with Gasteiger partial charge in [-0.2, -0.15) is 0 Å². The lowest BCUT2D eigenvalue weighted by molar-refractivity contribution is -0.123. The van der Waals surface area contributed by atoms with Crippen molar-refractivity contribution in [1.82, 2.24) is 0 Å². The summed E-state index contributed by atoms with van der Waals surface area (Å²) < 4.78 is -0.144. The molecule has 1 aromatic carbocycles. The minimum atomic E-state index is -0.165. The van der Waals surface area contributed by atoms with Crippen LogP contribution in [0.1, 0.15) is 73.1 Å². The quantitative estimate of drug-likeness (QED) is 0.252. The molecule has 0 aliphatic heterocycles. The summed E-state index contributed by atoms with van der Waals surface area (Å²) in [5.41, 5.74) is 1.25. The monoisotopic (exact) mass is 474 g/mol. The van der Waals surface area contributed by atoms with E-state index in [4.69, 9.17) is 0 Å². The highest BCUT2D eigenvalue weighted by Crippen LogP contribution is 2.43. The largest absolute Gasteiger partial charge is 0.299 e. The summed E-state index contributed by atoms with van der Waals surface area (Å²) in [6.07, 6.45) is 6.10. The van der Waals surface area contributed by atoms with Gasteiger partial charge in [-0.3, -0.25) is 14.4 Å². The molecule has 3 atom stereocenters. The minimum absolute atomic E-state index is 0.0602. The number of ketones is 2. The molecular formula is C27H38O3S2. The average Bonchev–Trinajstić information content (AvgIpc) is 3.07. The topological polar surface area (TPSA) is 51.2 Å². The van der Waals surface area contributed by atoms with Crippen LogP contribution in [0.25, 0.3) is 0 Å². The fourth-order valence-corrected chi connectivity index (χ4v) is 6.17. The Hall–Kier alpha value is -1.33. The summed E-state index contributed by atoms with van der Waals surface area (Å²) in [5.74, 6) is 0.610. The van der Waals surface area contributed by atoms with Crippen LogP contribution in [0.4, 0.5) is 0 Å². The molecule has 0 N–H and O–H groups in total. The second kappa shape index (κ2) is 12.8. The predicted molar refractivity (Wildman–Crippen MR) is 137 cm³/mol. The van der Waals surface area contributed by atoms with Crippen LogP contribution in [0.3, 0.4) is 0 Å². The van der Waals surface area contributed by atoms with Gasteiger partial charge in [0.1, 0.15) is 11.6 Å². The Kier molecular flexibility index (Phi) is 10.8. The van der Waals surface area contributed by atoms with E-state index in [1.165, 1.54) is 17.3 Å². The van der Waals surface area contributed by atoms with E-state index in [1.807, 2.05) is 30.3 Å². The van der Waals surface area contributed by atoms with Crippen LogP contribution in [0.2, 0.25) is 0 Å². The van der Waals surface area contributed by atoms with Crippen LogP contribution in [0, 0.1) is 17.8 Å². The summed E-state index contributed by atoms with van der Waals surface area (Å²) in [6.45, 7) is 10.3. The van der Waals surface area contributed by atoms with E-state index in [1.54, 1.807) is 11.8 Å². The molecule has 1 aliphatic rings. The lowest BCUT2D eigenvalue weighted by Crippen LogP contribution is -2.29. The van der Waals surface area contributed by atoms with Gasteiger partial charge in [-0.05, 0) is 57.6 Å². The molecular weight excluding hydrogens is 436 g/mol. The van der Waals surface area contributed by atoms with E-state index < -0.39 is 0 Å². The van der Waals surface area contributed by atoms with Crippen molar-refractivity contribution in [3.63, 3.8) is 0 Å². The molecule has 1 aromatic rings. The summed E-state index contributed by atoms with van der Waals surface area (Å²) in [4.78, 5) is 39.6. The first-order valence-corrected chi connectivity index (χ1v) is 13.5. The van der Waals surface area contributed by atoms with E-state index in [-0.39, 0.29) is 39.2 Å². The molecule has 0 aromatic heterocycles. The van der Waals surface area contributed by atoms with Gasteiger partial charge in [-0.15, -0.1) is 11.8 Å². The average molecular weight is 475 g/mol. The standard InChI is InChI=1S/C27H38O3S2/c1-19(2)10-9-13-24(26(30)32-27(3,4)5)22-16-17-25(29)23(22)15-14-20(28)18-31-21-11-7-6-8-12-21/h6-8,10-12,22-24H,9,13-18H2,1-5H3/t22-,23+,24+/m0/s1. The molecule has 3 nitrogen and oxygen atoms in total. The van der Waals surface area contributed by atoms with Gasteiger partial charge in [0.05, 0.1) is 5.75 Å². The molecule has 2 rings (SSSR count). The van der Waals surface area contributed by atoms with Crippen LogP contribution in [0.5, 0.6) is 0 Å². The van der Waals surface area contributed by atoms with Gasteiger partial charge in [0, 0.05) is 34.3 Å². The first-order valence-electron chi connectivity index (χ1n) is 11.7. The highest BCUT2D eigenvalue weighted by molar-refractivity contribution is 8.14. The van der Waals surface area contributed by atoms with E-state index in [0.29, 0.717) is 25.0 Å². The predicted octanol–water partition coefficient (Wildman–Crippen LogP) is 7.14. The zero-order chi connectivity index (χ0) is 23.7.